The van der Waals surface area contributed by atoms with E-state index >= 15 is 0 Å². The Kier molecular flexibility index (Phi) is 29.7. The average molecular weight is 2030 g/mol. The summed E-state index contributed by atoms with van der Waals surface area (Å²) in [5.41, 5.74) is 0. The first-order valence-electron chi connectivity index (χ1n) is 55.3. The van der Waals surface area contributed by atoms with Gasteiger partial charge >= 0.3 is 55.4 Å². The van der Waals surface area contributed by atoms with Crippen molar-refractivity contribution in [3.05, 3.63) is 5.32 Å². The molecule has 0 aromatic heterocycles. The Hall–Kier alpha value is 0.640. The summed E-state index contributed by atoms with van der Waals surface area (Å²) in [4.78, 5) is 0. The molecular weight excluding hydrogens is 1870 g/mol. The maximum absolute atomic E-state index is 12.7. The van der Waals surface area contributed by atoms with Crippen LogP contribution in [-0.2, 0) is 30.4 Å². The molecule has 51 unspecified atom stereocenters. The first-order chi connectivity index (χ1) is 64.3. The average Bonchev–Trinajstić information content (AvgIpc) is 1.59. The summed E-state index contributed by atoms with van der Waals surface area (Å²) >= 11 is 0. The molecule has 27 rings (SSSR count). The van der Waals surface area contributed by atoms with Crippen LogP contribution >= 0.6 is 0 Å². The molecule has 15 aliphatic heterocycles. The summed E-state index contributed by atoms with van der Waals surface area (Å²) in [5.74, 6) is 9.82. The number of nitrogens with one attached hydrogen (secondary N) is 23. The van der Waals surface area contributed by atoms with Gasteiger partial charge in [-0.25, -0.2) is 25.3 Å². The molecule has 12 saturated carbocycles. The fraction of sp³-hybridized carbons (Fsp3) is 1.00. The van der Waals surface area contributed by atoms with Gasteiger partial charge in [0.1, 0.15) is 0 Å². The van der Waals surface area contributed by atoms with Gasteiger partial charge in [0.25, 0.3) is 0 Å². The topological polar surface area (TPSA) is 462 Å². The molecule has 134 heavy (non-hydrogen) atoms. The van der Waals surface area contributed by atoms with Crippen molar-refractivity contribution in [1.29, 1.82) is 0 Å². The van der Waals surface area contributed by atoms with E-state index in [4.69, 9.17) is 5.32 Å². The van der Waals surface area contributed by atoms with Crippen LogP contribution in [0.2, 0.25) is 0 Å². The molecule has 0 amide bonds. The minimum atomic E-state index is -4.41. The third-order valence-corrected chi connectivity index (χ3v) is 46.4. The molecule has 51 atom stereocenters. The van der Waals surface area contributed by atoms with E-state index in [2.05, 4.69) is 122 Å². The smallest absolute Gasteiger partial charge is 0.748 e. The Bertz CT molecular complexity index is 3970. The standard InChI is InChI=1S/2C32H56N8O3S.C32H55N8O3S.In.Na/c3*41-44(42,43)23-15-7-14-22-24(23)32-39-30-21-13-6-5-12-20(21)28(37-30)35-26-17-9-2-1-8-16(17)25(33-26)34-27-18-10-3-4-11-19(18)29(36-27)38-31(22)40-32;;/h2*16-40H,1-15H2,(H,41,42,43);16-32,34-40H,1-15H2,(H,41,42,43);;/q;;-1;+3;+1/p-3. The van der Waals surface area contributed by atoms with Crippen molar-refractivity contribution < 1.29 is 68.5 Å². The van der Waals surface area contributed by atoms with Crippen LogP contribution in [0.15, 0.2) is 0 Å². The predicted molar refractivity (Wildman–Crippen MR) is 504 cm³/mol. The zero-order valence-electron chi connectivity index (χ0n) is 79.7. The van der Waals surface area contributed by atoms with E-state index in [-0.39, 0.29) is 227 Å². The van der Waals surface area contributed by atoms with E-state index in [1.165, 1.54) is 231 Å². The molecule has 27 aliphatic rings. The van der Waals surface area contributed by atoms with Gasteiger partial charge < -0.3 is 29.6 Å². The first-order valence-corrected chi connectivity index (χ1v) is 59.7. The molecular formula is C96H164InN24NaO9S3. The minimum absolute atomic E-state index is 0. The van der Waals surface area contributed by atoms with Gasteiger partial charge in [-0.1, -0.05) is 160 Å². The maximum atomic E-state index is 12.7. The Morgan fingerprint density at radius 3 is 0.425 bits per heavy atom. The van der Waals surface area contributed by atoms with Crippen LogP contribution in [0.3, 0.4) is 0 Å². The molecule has 744 valence electrons. The van der Waals surface area contributed by atoms with Crippen LogP contribution < -0.4 is 152 Å². The number of hydrogen-bond donors (Lipinski definition) is 23. The zero-order valence-corrected chi connectivity index (χ0v) is 87.4. The Balaban J connectivity index is 0.000000113. The minimum Gasteiger partial charge on any atom is -0.748 e. The van der Waals surface area contributed by atoms with E-state index in [0.717, 1.165) is 38.5 Å². The van der Waals surface area contributed by atoms with Gasteiger partial charge in [-0.05, 0) is 266 Å². The molecule has 12 aliphatic carbocycles. The van der Waals surface area contributed by atoms with Crippen molar-refractivity contribution >= 4 is 56.2 Å². The fourth-order valence-electron chi connectivity index (χ4n) is 36.9. The molecule has 33 nitrogen and oxygen atoms in total. The van der Waals surface area contributed by atoms with Crippen LogP contribution in [-0.4, -0.2) is 228 Å². The fourth-order valence-corrected chi connectivity index (χ4v) is 40.5. The first kappa shape index (κ1) is 98.0. The number of fused-ring (bicyclic) bond motifs is 60. The molecule has 38 heteroatoms. The van der Waals surface area contributed by atoms with Gasteiger partial charge in [0.05, 0.1) is 182 Å². The van der Waals surface area contributed by atoms with Crippen molar-refractivity contribution in [2.24, 2.45) is 142 Å². The summed E-state index contributed by atoms with van der Waals surface area (Å²) in [6.45, 7) is 0. The molecule has 15 saturated heterocycles. The largest absolute Gasteiger partial charge is 3.00 e. The van der Waals surface area contributed by atoms with Crippen molar-refractivity contribution in [3.8, 4) is 0 Å². The molecule has 24 bridgehead atoms. The molecule has 15 heterocycles. The second-order valence-electron chi connectivity index (χ2n) is 48.5. The second-order valence-corrected chi connectivity index (χ2v) is 53.3. The van der Waals surface area contributed by atoms with Gasteiger partial charge in [0.2, 0.25) is 0 Å². The van der Waals surface area contributed by atoms with Gasteiger partial charge in [-0.2, -0.15) is 0 Å². The third kappa shape index (κ3) is 18.6. The normalized spacial score (nSPS) is 54.7. The predicted octanol–water partition coefficient (Wildman–Crippen LogP) is 0.795. The van der Waals surface area contributed by atoms with E-state index < -0.39 is 46.1 Å². The number of rotatable bonds is 3. The molecule has 0 aromatic carbocycles. The van der Waals surface area contributed by atoms with E-state index in [1.54, 1.807) is 0 Å². The van der Waals surface area contributed by atoms with E-state index in [1.807, 2.05) is 0 Å². The van der Waals surface area contributed by atoms with Gasteiger partial charge in [-0.15, -0.1) is 0 Å². The second kappa shape index (κ2) is 40.6. The van der Waals surface area contributed by atoms with Gasteiger partial charge in [0.15, 0.2) is 0 Å². The van der Waals surface area contributed by atoms with Crippen LogP contribution in [0.5, 0.6) is 0 Å². The summed E-state index contributed by atoms with van der Waals surface area (Å²) in [7, 11) is -13.2. The van der Waals surface area contributed by atoms with Crippen LogP contribution in [0.1, 0.15) is 289 Å². The number of nitrogens with zero attached hydrogens (tertiary/aromatic N) is 1. The van der Waals surface area contributed by atoms with Crippen LogP contribution in [0.4, 0.5) is 0 Å². The summed E-state index contributed by atoms with van der Waals surface area (Å²) in [6.07, 6.45) is 54.9. The van der Waals surface area contributed by atoms with Crippen molar-refractivity contribution in [1.82, 2.24) is 122 Å². The quantitative estimate of drug-likeness (QED) is 0.137. The summed E-state index contributed by atoms with van der Waals surface area (Å²) in [6, 6.07) is 0. The van der Waals surface area contributed by atoms with Gasteiger partial charge in [0, 0.05) is 17.8 Å². The summed E-state index contributed by atoms with van der Waals surface area (Å²) in [5, 5.41) is 95.8. The van der Waals surface area contributed by atoms with Crippen molar-refractivity contribution in [2.75, 3.05) is 0 Å². The molecule has 27 fully saturated rings. The van der Waals surface area contributed by atoms with Crippen molar-refractivity contribution in [3.63, 3.8) is 0 Å². The molecule has 23 N–H and O–H groups in total. The monoisotopic (exact) mass is 2030 g/mol. The molecule has 0 aromatic rings. The Labute approximate surface area is 840 Å². The van der Waals surface area contributed by atoms with Crippen molar-refractivity contribution in [2.45, 2.75) is 453 Å². The molecule has 0 radical (unpaired) electrons. The van der Waals surface area contributed by atoms with E-state index in [0.29, 0.717) is 138 Å². The SMILES string of the molecule is O=S(=O)([O-])C1CCCC2C3NC4NC(NC5NC(NC6NC(NC(N3)C21)C1CCCCC61)C1CCCCC51)C1CCCCC41.O=S(=O)([O-])C1CCCC2C3NC4NC(NC5NC(NC6NC(NC(N3)C21)C1CCCCC61)C1CCCCC51)C1CCCCC41.O=S(=O)([O-])C1CCCC2C3NC4NC(NC5[N-]C(NC6NC(NC(N3)C21)C1CCCCC61)C1CCCCC51)C1CCCCC41.[In+3].[Na+]. The summed E-state index contributed by atoms with van der Waals surface area (Å²) < 4.78 is 114. The van der Waals surface area contributed by atoms with Gasteiger partial charge in [-0.3, -0.25) is 112 Å². The van der Waals surface area contributed by atoms with Crippen LogP contribution in [0.25, 0.3) is 5.32 Å². The molecule has 0 spiro atoms. The van der Waals surface area contributed by atoms with Crippen LogP contribution in [0, 0.1) is 142 Å². The maximum Gasteiger partial charge on any atom is 3.00 e. The zero-order chi connectivity index (χ0) is 88.7. The third-order valence-electron chi connectivity index (χ3n) is 42.5. The van der Waals surface area contributed by atoms with E-state index in [9.17, 15) is 38.9 Å². The Morgan fingerprint density at radius 1 is 0.157 bits per heavy atom. The number of hydrogen-bond acceptors (Lipinski definition) is 32. The Morgan fingerprint density at radius 2 is 0.276 bits per heavy atom.